The summed E-state index contributed by atoms with van der Waals surface area (Å²) >= 11 is 0. The van der Waals surface area contributed by atoms with Crippen molar-refractivity contribution in [3.63, 3.8) is 0 Å². The highest BCUT2D eigenvalue weighted by molar-refractivity contribution is 4.95. The van der Waals surface area contributed by atoms with E-state index in [2.05, 4.69) is 30.8 Å². The molecule has 0 bridgehead atoms. The van der Waals surface area contributed by atoms with Gasteiger partial charge in [0.15, 0.2) is 0 Å². The highest BCUT2D eigenvalue weighted by Gasteiger charge is 2.41. The van der Waals surface area contributed by atoms with E-state index in [9.17, 15) is 0 Å². The van der Waals surface area contributed by atoms with Crippen LogP contribution < -0.4 is 0 Å². The molecule has 2 rings (SSSR count). The standard InChI is InChI=1S/C9H18N2/c1-7-9-6-10(2)4-8(9)5-11(7)3/h7-9H,4-6H2,1-3H3/t7-,8+,9-/m1/s1. The van der Waals surface area contributed by atoms with Gasteiger partial charge < -0.3 is 9.80 Å². The third-order valence-electron chi connectivity index (χ3n) is 3.51. The van der Waals surface area contributed by atoms with E-state index in [0.717, 1.165) is 17.9 Å². The Balaban J connectivity index is 2.07. The topological polar surface area (TPSA) is 6.48 Å². The molecule has 64 valence electrons. The molecular weight excluding hydrogens is 136 g/mol. The number of hydrogen-bond donors (Lipinski definition) is 0. The number of rotatable bonds is 0. The largest absolute Gasteiger partial charge is 0.306 e. The lowest BCUT2D eigenvalue weighted by molar-refractivity contribution is 0.257. The van der Waals surface area contributed by atoms with E-state index in [1.807, 2.05) is 0 Å². The monoisotopic (exact) mass is 154 g/mol. The van der Waals surface area contributed by atoms with E-state index in [1.54, 1.807) is 0 Å². The zero-order chi connectivity index (χ0) is 8.01. The third-order valence-corrected chi connectivity index (χ3v) is 3.51. The molecule has 0 amide bonds. The van der Waals surface area contributed by atoms with Gasteiger partial charge in [0.1, 0.15) is 0 Å². The Kier molecular flexibility index (Phi) is 1.69. The maximum Gasteiger partial charge on any atom is 0.0108 e. The Morgan fingerprint density at radius 2 is 1.82 bits per heavy atom. The Labute approximate surface area is 69.2 Å². The molecule has 0 radical (unpaired) electrons. The van der Waals surface area contributed by atoms with Crippen molar-refractivity contribution in [1.82, 2.24) is 9.80 Å². The van der Waals surface area contributed by atoms with Gasteiger partial charge in [0, 0.05) is 25.7 Å². The molecule has 0 aliphatic carbocycles. The molecule has 0 saturated carbocycles. The predicted molar refractivity (Wildman–Crippen MR) is 46.6 cm³/mol. The molecule has 0 unspecified atom stereocenters. The molecule has 0 aromatic carbocycles. The van der Waals surface area contributed by atoms with Gasteiger partial charge in [0.25, 0.3) is 0 Å². The highest BCUT2D eigenvalue weighted by Crippen LogP contribution is 2.33. The molecule has 0 spiro atoms. The molecule has 2 nitrogen and oxygen atoms in total. The first-order chi connectivity index (χ1) is 5.18. The summed E-state index contributed by atoms with van der Waals surface area (Å²) in [5.74, 6) is 1.91. The van der Waals surface area contributed by atoms with Crippen molar-refractivity contribution in [2.75, 3.05) is 33.7 Å². The van der Waals surface area contributed by atoms with Crippen LogP contribution >= 0.6 is 0 Å². The minimum atomic E-state index is 0.810. The Morgan fingerprint density at radius 3 is 2.45 bits per heavy atom. The number of hydrogen-bond acceptors (Lipinski definition) is 2. The SMILES string of the molecule is C[C@@H]1[C@H]2CN(C)C[C@H]2CN1C. The van der Waals surface area contributed by atoms with Gasteiger partial charge >= 0.3 is 0 Å². The maximum absolute atomic E-state index is 2.50. The van der Waals surface area contributed by atoms with Crippen LogP contribution in [0.1, 0.15) is 6.92 Å². The van der Waals surface area contributed by atoms with Crippen LogP contribution in [0.2, 0.25) is 0 Å². The van der Waals surface area contributed by atoms with Crippen LogP contribution in [0.15, 0.2) is 0 Å². The van der Waals surface area contributed by atoms with Crippen molar-refractivity contribution < 1.29 is 0 Å². The molecule has 2 fully saturated rings. The summed E-state index contributed by atoms with van der Waals surface area (Å²) < 4.78 is 0. The van der Waals surface area contributed by atoms with Crippen LogP contribution in [0.4, 0.5) is 0 Å². The molecule has 3 atom stereocenters. The lowest BCUT2D eigenvalue weighted by Crippen LogP contribution is -2.30. The molecule has 0 aromatic rings. The first-order valence-corrected chi connectivity index (χ1v) is 4.57. The first-order valence-electron chi connectivity index (χ1n) is 4.57. The quantitative estimate of drug-likeness (QED) is 0.501. The number of nitrogens with zero attached hydrogens (tertiary/aromatic N) is 2. The molecule has 2 heteroatoms. The molecule has 0 N–H and O–H groups in total. The summed E-state index contributed by atoms with van der Waals surface area (Å²) in [6, 6.07) is 0.810. The van der Waals surface area contributed by atoms with Crippen molar-refractivity contribution in [2.45, 2.75) is 13.0 Å². The second-order valence-electron chi connectivity index (χ2n) is 4.33. The molecular formula is C9H18N2. The Morgan fingerprint density at radius 1 is 1.09 bits per heavy atom. The van der Waals surface area contributed by atoms with E-state index in [1.165, 1.54) is 19.6 Å². The van der Waals surface area contributed by atoms with Crippen LogP contribution in [0, 0.1) is 11.8 Å². The molecule has 2 heterocycles. The minimum Gasteiger partial charge on any atom is -0.306 e. The summed E-state index contributed by atoms with van der Waals surface area (Å²) in [4.78, 5) is 4.97. The normalized spacial score (nSPS) is 46.6. The summed E-state index contributed by atoms with van der Waals surface area (Å²) in [5, 5.41) is 0. The lowest BCUT2D eigenvalue weighted by atomic mass is 9.95. The molecule has 11 heavy (non-hydrogen) atoms. The Bertz CT molecular complexity index is 158. The van der Waals surface area contributed by atoms with Crippen molar-refractivity contribution in [1.29, 1.82) is 0 Å². The number of fused-ring (bicyclic) bond motifs is 1. The van der Waals surface area contributed by atoms with E-state index >= 15 is 0 Å². The Hall–Kier alpha value is -0.0800. The zero-order valence-corrected chi connectivity index (χ0v) is 7.75. The van der Waals surface area contributed by atoms with Gasteiger partial charge in [0.05, 0.1) is 0 Å². The number of likely N-dealkylation sites (tertiary alicyclic amines) is 2. The van der Waals surface area contributed by atoms with Crippen molar-refractivity contribution in [3.8, 4) is 0 Å². The summed E-state index contributed by atoms with van der Waals surface area (Å²) in [6.45, 7) is 6.32. The molecule has 0 aromatic heterocycles. The van der Waals surface area contributed by atoms with Gasteiger partial charge in [-0.3, -0.25) is 0 Å². The van der Waals surface area contributed by atoms with Gasteiger partial charge in [0.2, 0.25) is 0 Å². The fraction of sp³-hybridized carbons (Fsp3) is 1.00. The first kappa shape index (κ1) is 7.56. The summed E-state index contributed by atoms with van der Waals surface area (Å²) in [6.07, 6.45) is 0. The summed E-state index contributed by atoms with van der Waals surface area (Å²) in [7, 11) is 4.49. The van der Waals surface area contributed by atoms with Gasteiger partial charge in [-0.05, 0) is 32.9 Å². The van der Waals surface area contributed by atoms with Gasteiger partial charge in [-0.1, -0.05) is 0 Å². The fourth-order valence-electron chi connectivity index (χ4n) is 2.72. The average molecular weight is 154 g/mol. The van der Waals surface area contributed by atoms with E-state index in [0.29, 0.717) is 0 Å². The van der Waals surface area contributed by atoms with Crippen molar-refractivity contribution in [2.24, 2.45) is 11.8 Å². The lowest BCUT2D eigenvalue weighted by Gasteiger charge is -2.20. The van der Waals surface area contributed by atoms with Crippen LogP contribution in [0.3, 0.4) is 0 Å². The minimum absolute atomic E-state index is 0.810. The molecule has 2 aliphatic heterocycles. The van der Waals surface area contributed by atoms with E-state index in [-0.39, 0.29) is 0 Å². The van der Waals surface area contributed by atoms with Gasteiger partial charge in [-0.25, -0.2) is 0 Å². The van der Waals surface area contributed by atoms with Gasteiger partial charge in [-0.15, -0.1) is 0 Å². The fourth-order valence-corrected chi connectivity index (χ4v) is 2.72. The van der Waals surface area contributed by atoms with Crippen LogP contribution in [-0.2, 0) is 0 Å². The second-order valence-corrected chi connectivity index (χ2v) is 4.33. The highest BCUT2D eigenvalue weighted by atomic mass is 15.2. The van der Waals surface area contributed by atoms with E-state index in [4.69, 9.17) is 0 Å². The third kappa shape index (κ3) is 1.09. The van der Waals surface area contributed by atoms with Crippen LogP contribution in [0.5, 0.6) is 0 Å². The van der Waals surface area contributed by atoms with Crippen molar-refractivity contribution >= 4 is 0 Å². The maximum atomic E-state index is 2.50. The van der Waals surface area contributed by atoms with Gasteiger partial charge in [-0.2, -0.15) is 0 Å². The molecule has 2 aliphatic rings. The molecule has 2 saturated heterocycles. The smallest absolute Gasteiger partial charge is 0.0108 e. The zero-order valence-electron chi connectivity index (χ0n) is 7.75. The van der Waals surface area contributed by atoms with E-state index < -0.39 is 0 Å². The van der Waals surface area contributed by atoms with Crippen LogP contribution in [-0.4, -0.2) is 49.6 Å². The summed E-state index contributed by atoms with van der Waals surface area (Å²) in [5.41, 5.74) is 0. The second kappa shape index (κ2) is 2.46. The van der Waals surface area contributed by atoms with Crippen molar-refractivity contribution in [3.05, 3.63) is 0 Å². The van der Waals surface area contributed by atoms with Crippen LogP contribution in [0.25, 0.3) is 0 Å². The predicted octanol–water partition coefficient (Wildman–Crippen LogP) is 0.498. The average Bonchev–Trinajstić information content (AvgIpc) is 2.37.